The Bertz CT molecular complexity index is 1430. The summed E-state index contributed by atoms with van der Waals surface area (Å²) in [4.78, 5) is 19.5. The molecule has 3 aromatic carbocycles. The molecule has 8 heteroatoms. The van der Waals surface area contributed by atoms with Gasteiger partial charge in [-0.15, -0.1) is 0 Å². The molecule has 1 aliphatic rings. The predicted molar refractivity (Wildman–Crippen MR) is 130 cm³/mol. The van der Waals surface area contributed by atoms with Crippen LogP contribution in [0, 0.1) is 12.7 Å². The number of benzene rings is 3. The van der Waals surface area contributed by atoms with Gasteiger partial charge in [0.15, 0.2) is 0 Å². The van der Waals surface area contributed by atoms with Crippen molar-refractivity contribution in [3.63, 3.8) is 0 Å². The maximum absolute atomic E-state index is 14.1. The van der Waals surface area contributed by atoms with Crippen LogP contribution < -0.4 is 15.0 Å². The van der Waals surface area contributed by atoms with Gasteiger partial charge in [-0.05, 0) is 73.5 Å². The fourth-order valence-corrected chi connectivity index (χ4v) is 4.22. The molecular formula is C27H23FN4O3. The summed E-state index contributed by atoms with van der Waals surface area (Å²) >= 11 is 0. The van der Waals surface area contributed by atoms with E-state index in [1.165, 1.54) is 12.1 Å². The van der Waals surface area contributed by atoms with Crippen LogP contribution in [0.1, 0.15) is 30.0 Å². The van der Waals surface area contributed by atoms with Crippen LogP contribution >= 0.6 is 0 Å². The van der Waals surface area contributed by atoms with Crippen LogP contribution in [0.4, 0.5) is 14.9 Å². The van der Waals surface area contributed by atoms with Crippen LogP contribution in [0.2, 0.25) is 0 Å². The maximum atomic E-state index is 14.1. The second-order valence-electron chi connectivity index (χ2n) is 8.26. The second-order valence-corrected chi connectivity index (χ2v) is 8.26. The van der Waals surface area contributed by atoms with E-state index in [-0.39, 0.29) is 11.9 Å². The lowest BCUT2D eigenvalue weighted by atomic mass is 9.94. The smallest absolute Gasteiger partial charge is 0.326 e. The minimum atomic E-state index is -0.677. The van der Waals surface area contributed by atoms with Gasteiger partial charge in [-0.2, -0.15) is 4.98 Å². The van der Waals surface area contributed by atoms with Crippen LogP contribution in [0.15, 0.2) is 83.0 Å². The Balaban J connectivity index is 1.64. The van der Waals surface area contributed by atoms with Crippen LogP contribution in [0.25, 0.3) is 17.0 Å². The van der Waals surface area contributed by atoms with Gasteiger partial charge in [-0.3, -0.25) is 4.90 Å². The van der Waals surface area contributed by atoms with Gasteiger partial charge < -0.3 is 14.6 Å². The SMILES string of the molecule is COc1ccc(-c2noc(C3=C(C)N(c4cccc(C)c4)C(=O)NC3c3cccc(F)c3)n2)cc1. The number of aryl methyl sites for hydroxylation is 1. The average Bonchev–Trinajstić information content (AvgIpc) is 3.33. The number of anilines is 1. The minimum Gasteiger partial charge on any atom is -0.497 e. The number of carbonyl (C=O) groups excluding carboxylic acids is 1. The zero-order valence-electron chi connectivity index (χ0n) is 19.4. The fourth-order valence-electron chi connectivity index (χ4n) is 4.22. The number of nitrogens with one attached hydrogen (secondary N) is 1. The summed E-state index contributed by atoms with van der Waals surface area (Å²) in [5, 5.41) is 7.15. The Morgan fingerprint density at radius 3 is 2.51 bits per heavy atom. The molecular weight excluding hydrogens is 447 g/mol. The second kappa shape index (κ2) is 9.06. The van der Waals surface area contributed by atoms with Gasteiger partial charge in [0.2, 0.25) is 5.82 Å². The number of amides is 2. The van der Waals surface area contributed by atoms with E-state index in [4.69, 9.17) is 9.26 Å². The molecule has 0 fully saturated rings. The Hall–Kier alpha value is -4.46. The van der Waals surface area contributed by atoms with Gasteiger partial charge in [0, 0.05) is 11.3 Å². The fraction of sp³-hybridized carbons (Fsp3) is 0.148. The molecule has 1 N–H and O–H groups in total. The molecule has 1 aromatic heterocycles. The summed E-state index contributed by atoms with van der Waals surface area (Å²) in [5.41, 5.74) is 4.22. The van der Waals surface area contributed by atoms with Crippen molar-refractivity contribution in [1.82, 2.24) is 15.5 Å². The Labute approximate surface area is 201 Å². The number of hydrogen-bond acceptors (Lipinski definition) is 5. The zero-order chi connectivity index (χ0) is 24.5. The third-order valence-electron chi connectivity index (χ3n) is 5.93. The highest BCUT2D eigenvalue weighted by Crippen LogP contribution is 2.39. The van der Waals surface area contributed by atoms with Gasteiger partial charge in [0.05, 0.1) is 24.4 Å². The van der Waals surface area contributed by atoms with Crippen molar-refractivity contribution in [2.75, 3.05) is 12.0 Å². The number of ether oxygens (including phenoxy) is 1. The highest BCUT2D eigenvalue weighted by molar-refractivity contribution is 6.01. The van der Waals surface area contributed by atoms with E-state index in [1.807, 2.05) is 62.4 Å². The molecule has 1 aliphatic heterocycles. The number of carbonyl (C=O) groups is 1. The number of halogens is 1. The summed E-state index contributed by atoms with van der Waals surface area (Å²) in [5.74, 6) is 0.936. The topological polar surface area (TPSA) is 80.5 Å². The van der Waals surface area contributed by atoms with Crippen molar-refractivity contribution in [3.05, 3.63) is 101 Å². The molecule has 5 rings (SSSR count). The first-order valence-electron chi connectivity index (χ1n) is 11.1. The number of methoxy groups -OCH3 is 1. The molecule has 1 unspecified atom stereocenters. The molecule has 0 bridgehead atoms. The van der Waals surface area contributed by atoms with E-state index < -0.39 is 11.9 Å². The first kappa shape index (κ1) is 22.3. The summed E-state index contributed by atoms with van der Waals surface area (Å²) in [6, 6.07) is 20.0. The summed E-state index contributed by atoms with van der Waals surface area (Å²) in [6.07, 6.45) is 0. The largest absolute Gasteiger partial charge is 0.497 e. The van der Waals surface area contributed by atoms with Gasteiger partial charge in [0.1, 0.15) is 11.6 Å². The molecule has 1 atom stereocenters. The highest BCUT2D eigenvalue weighted by atomic mass is 19.1. The molecule has 0 saturated heterocycles. The van der Waals surface area contributed by atoms with Crippen LogP contribution in [0.3, 0.4) is 0 Å². The van der Waals surface area contributed by atoms with Gasteiger partial charge in [0.25, 0.3) is 5.89 Å². The van der Waals surface area contributed by atoms with E-state index in [0.717, 1.165) is 11.1 Å². The lowest BCUT2D eigenvalue weighted by molar-refractivity contribution is 0.244. The molecule has 176 valence electrons. The first-order chi connectivity index (χ1) is 16.9. The van der Waals surface area contributed by atoms with E-state index >= 15 is 0 Å². The molecule has 2 amide bonds. The Morgan fingerprint density at radius 1 is 1.03 bits per heavy atom. The highest BCUT2D eigenvalue weighted by Gasteiger charge is 2.36. The van der Waals surface area contributed by atoms with Gasteiger partial charge in [-0.1, -0.05) is 29.4 Å². The molecule has 0 saturated carbocycles. The van der Waals surface area contributed by atoms with Crippen LogP contribution in [-0.2, 0) is 0 Å². The average molecular weight is 471 g/mol. The van der Waals surface area contributed by atoms with Crippen LogP contribution in [-0.4, -0.2) is 23.3 Å². The number of hydrogen-bond donors (Lipinski definition) is 1. The molecule has 0 radical (unpaired) electrons. The normalized spacial score (nSPS) is 15.8. The van der Waals surface area contributed by atoms with Crippen molar-refractivity contribution in [1.29, 1.82) is 0 Å². The third-order valence-corrected chi connectivity index (χ3v) is 5.93. The standard InChI is InChI=1S/C27H23FN4O3/c1-16-6-4-9-21(14-16)32-17(2)23(24(29-27(32)33)19-7-5-8-20(28)15-19)26-30-25(31-35-26)18-10-12-22(34-3)13-11-18/h4-15,24H,1-3H3,(H,29,33). The third kappa shape index (κ3) is 4.26. The quantitative estimate of drug-likeness (QED) is 0.393. The zero-order valence-corrected chi connectivity index (χ0v) is 19.4. The number of nitrogens with zero attached hydrogens (tertiary/aromatic N) is 3. The maximum Gasteiger partial charge on any atom is 0.326 e. The molecule has 7 nitrogen and oxygen atoms in total. The summed E-state index contributed by atoms with van der Waals surface area (Å²) in [7, 11) is 1.60. The van der Waals surface area contributed by atoms with Crippen molar-refractivity contribution in [3.8, 4) is 17.1 Å². The predicted octanol–water partition coefficient (Wildman–Crippen LogP) is 5.89. The van der Waals surface area contributed by atoms with E-state index in [0.29, 0.717) is 34.1 Å². The van der Waals surface area contributed by atoms with E-state index in [9.17, 15) is 9.18 Å². The van der Waals surface area contributed by atoms with E-state index in [1.54, 1.807) is 24.1 Å². The lowest BCUT2D eigenvalue weighted by Crippen LogP contribution is -2.46. The molecule has 35 heavy (non-hydrogen) atoms. The van der Waals surface area contributed by atoms with Gasteiger partial charge >= 0.3 is 6.03 Å². The van der Waals surface area contributed by atoms with Crippen molar-refractivity contribution < 1.29 is 18.4 Å². The van der Waals surface area contributed by atoms with Crippen molar-refractivity contribution in [2.45, 2.75) is 19.9 Å². The monoisotopic (exact) mass is 470 g/mol. The Kier molecular flexibility index (Phi) is 5.78. The number of rotatable bonds is 5. The molecule has 0 aliphatic carbocycles. The number of urea groups is 1. The van der Waals surface area contributed by atoms with Crippen LogP contribution in [0.5, 0.6) is 5.75 Å². The molecule has 0 spiro atoms. The number of aromatic nitrogens is 2. The van der Waals surface area contributed by atoms with E-state index in [2.05, 4.69) is 15.5 Å². The van der Waals surface area contributed by atoms with Gasteiger partial charge in [-0.25, -0.2) is 9.18 Å². The van der Waals surface area contributed by atoms with Crippen molar-refractivity contribution >= 4 is 17.3 Å². The lowest BCUT2D eigenvalue weighted by Gasteiger charge is -2.35. The number of allylic oxidation sites excluding steroid dienone is 1. The summed E-state index contributed by atoms with van der Waals surface area (Å²) in [6.45, 7) is 3.78. The first-order valence-corrected chi connectivity index (χ1v) is 11.1. The molecule has 2 heterocycles. The minimum absolute atomic E-state index is 0.236. The molecule has 4 aromatic rings. The van der Waals surface area contributed by atoms with Crippen molar-refractivity contribution in [2.24, 2.45) is 0 Å². The Morgan fingerprint density at radius 2 is 1.80 bits per heavy atom. The summed E-state index contributed by atoms with van der Waals surface area (Å²) < 4.78 is 25.0.